The Balaban J connectivity index is 1.27. The highest BCUT2D eigenvalue weighted by Crippen LogP contribution is 2.33. The molecule has 0 aliphatic carbocycles. The second kappa shape index (κ2) is 10.1. The van der Waals surface area contributed by atoms with E-state index >= 15 is 0 Å². The van der Waals surface area contributed by atoms with Gasteiger partial charge >= 0.3 is 0 Å². The fourth-order valence-corrected chi connectivity index (χ4v) is 5.24. The molecule has 0 amide bonds. The van der Waals surface area contributed by atoms with Crippen LogP contribution in [0.5, 0.6) is 0 Å². The van der Waals surface area contributed by atoms with Crippen molar-refractivity contribution >= 4 is 11.3 Å². The number of anilines is 1. The van der Waals surface area contributed by atoms with Crippen LogP contribution >= 0.6 is 0 Å². The molecular weight excluding hydrogens is 472 g/mol. The summed E-state index contributed by atoms with van der Waals surface area (Å²) in [7, 11) is 0. The van der Waals surface area contributed by atoms with Crippen molar-refractivity contribution < 1.29 is 0 Å². The van der Waals surface area contributed by atoms with Crippen molar-refractivity contribution in [2.45, 2.75) is 26.9 Å². The first kappa shape index (κ1) is 23.9. The lowest BCUT2D eigenvalue weighted by molar-refractivity contribution is 0.249. The van der Waals surface area contributed by atoms with Crippen LogP contribution in [0.25, 0.3) is 27.8 Å². The molecule has 5 aromatic rings. The van der Waals surface area contributed by atoms with Crippen molar-refractivity contribution in [3.63, 3.8) is 0 Å². The van der Waals surface area contributed by atoms with Crippen LogP contribution in [0.15, 0.2) is 73.3 Å². The molecule has 8 nitrogen and oxygen atoms in total. The molecule has 0 spiro atoms. The summed E-state index contributed by atoms with van der Waals surface area (Å²) < 4.78 is 3.74. The van der Waals surface area contributed by atoms with Crippen molar-refractivity contribution in [2.75, 3.05) is 31.1 Å². The Labute approximate surface area is 222 Å². The SMILES string of the molecule is CCn1cc(-c2cc(-c3ccc(N4CCN(Cc5ccccc5)CC4)nc3)c3c(C#N)cnn3c2)c(C)n1. The third-order valence-electron chi connectivity index (χ3n) is 7.32. The first-order valence-corrected chi connectivity index (χ1v) is 13.1. The Morgan fingerprint density at radius 2 is 1.74 bits per heavy atom. The van der Waals surface area contributed by atoms with Gasteiger partial charge in [-0.25, -0.2) is 9.50 Å². The molecule has 5 heterocycles. The predicted octanol–water partition coefficient (Wildman–Crippen LogP) is 4.78. The highest BCUT2D eigenvalue weighted by molar-refractivity contribution is 5.87. The summed E-state index contributed by atoms with van der Waals surface area (Å²) in [6.07, 6.45) is 7.58. The van der Waals surface area contributed by atoms with Crippen molar-refractivity contribution in [1.82, 2.24) is 29.3 Å². The maximum absolute atomic E-state index is 9.75. The van der Waals surface area contributed by atoms with Crippen molar-refractivity contribution in [2.24, 2.45) is 0 Å². The number of rotatable bonds is 6. The number of piperazine rings is 1. The highest BCUT2D eigenvalue weighted by Gasteiger charge is 2.20. The number of aromatic nitrogens is 5. The minimum atomic E-state index is 0.547. The van der Waals surface area contributed by atoms with Crippen LogP contribution in [0.3, 0.4) is 0 Å². The summed E-state index contributed by atoms with van der Waals surface area (Å²) in [5.41, 5.74) is 7.62. The minimum Gasteiger partial charge on any atom is -0.354 e. The number of nitrogens with zero attached hydrogens (tertiary/aromatic N) is 8. The second-order valence-electron chi connectivity index (χ2n) is 9.74. The standard InChI is InChI=1S/C30H30N8/c1-3-37-21-28(22(2)34-37)25-15-27(30-26(16-31)18-33-38(30)20-25)24-9-10-29(32-17-24)36-13-11-35(12-14-36)19-23-7-5-4-6-8-23/h4-10,15,17-18,20-21H,3,11-14,19H2,1-2H3. The van der Waals surface area contributed by atoms with Crippen LogP contribution in [-0.2, 0) is 13.1 Å². The van der Waals surface area contributed by atoms with Gasteiger partial charge in [0.25, 0.3) is 0 Å². The third kappa shape index (κ3) is 4.53. The van der Waals surface area contributed by atoms with E-state index in [4.69, 9.17) is 4.98 Å². The quantitative estimate of drug-likeness (QED) is 0.333. The summed E-state index contributed by atoms with van der Waals surface area (Å²) in [6, 6.07) is 19.3. The average Bonchev–Trinajstić information content (AvgIpc) is 3.56. The van der Waals surface area contributed by atoms with Crippen molar-refractivity contribution in [3.8, 4) is 28.3 Å². The number of nitriles is 1. The summed E-state index contributed by atoms with van der Waals surface area (Å²) in [5.74, 6) is 0.981. The lowest BCUT2D eigenvalue weighted by atomic mass is 10.0. The van der Waals surface area contributed by atoms with Crippen LogP contribution in [0.2, 0.25) is 0 Å². The molecule has 1 aromatic carbocycles. The Kier molecular flexibility index (Phi) is 6.36. The number of benzene rings is 1. The molecular formula is C30H30N8. The molecule has 0 bridgehead atoms. The van der Waals surface area contributed by atoms with Gasteiger partial charge in [-0.2, -0.15) is 15.5 Å². The molecule has 1 aliphatic heterocycles. The van der Waals surface area contributed by atoms with Crippen LogP contribution < -0.4 is 4.90 Å². The van der Waals surface area contributed by atoms with Crippen LogP contribution in [0.4, 0.5) is 5.82 Å². The monoisotopic (exact) mass is 502 g/mol. The molecule has 38 heavy (non-hydrogen) atoms. The largest absolute Gasteiger partial charge is 0.354 e. The predicted molar refractivity (Wildman–Crippen MR) is 149 cm³/mol. The summed E-state index contributed by atoms with van der Waals surface area (Å²) in [5, 5.41) is 18.8. The molecule has 0 saturated carbocycles. The number of hydrogen-bond donors (Lipinski definition) is 0. The van der Waals surface area contributed by atoms with E-state index in [1.54, 1.807) is 10.7 Å². The molecule has 190 valence electrons. The Hall–Kier alpha value is -4.48. The lowest BCUT2D eigenvalue weighted by Gasteiger charge is -2.35. The molecule has 1 saturated heterocycles. The Morgan fingerprint density at radius 3 is 2.42 bits per heavy atom. The van der Waals surface area contributed by atoms with E-state index in [-0.39, 0.29) is 0 Å². The van der Waals surface area contributed by atoms with E-state index in [0.717, 1.165) is 78.6 Å². The van der Waals surface area contributed by atoms with Gasteiger partial charge in [-0.1, -0.05) is 30.3 Å². The van der Waals surface area contributed by atoms with Gasteiger partial charge < -0.3 is 4.90 Å². The van der Waals surface area contributed by atoms with E-state index in [0.29, 0.717) is 5.56 Å². The van der Waals surface area contributed by atoms with Crippen molar-refractivity contribution in [1.29, 1.82) is 5.26 Å². The first-order valence-electron chi connectivity index (χ1n) is 13.1. The molecule has 1 aliphatic rings. The topological polar surface area (TPSA) is 78.3 Å². The summed E-state index contributed by atoms with van der Waals surface area (Å²) in [4.78, 5) is 9.69. The van der Waals surface area contributed by atoms with Gasteiger partial charge in [-0.3, -0.25) is 9.58 Å². The second-order valence-corrected chi connectivity index (χ2v) is 9.74. The summed E-state index contributed by atoms with van der Waals surface area (Å²) in [6.45, 7) is 9.79. The van der Waals surface area contributed by atoms with E-state index in [1.165, 1.54) is 5.56 Å². The lowest BCUT2D eigenvalue weighted by Crippen LogP contribution is -2.46. The van der Waals surface area contributed by atoms with Crippen LogP contribution in [0.1, 0.15) is 23.7 Å². The van der Waals surface area contributed by atoms with Crippen molar-refractivity contribution in [3.05, 3.63) is 90.1 Å². The van der Waals surface area contributed by atoms with Crippen LogP contribution in [-0.4, -0.2) is 55.5 Å². The van der Waals surface area contributed by atoms with E-state index in [9.17, 15) is 5.26 Å². The zero-order valence-corrected chi connectivity index (χ0v) is 21.7. The molecule has 6 rings (SSSR count). The smallest absolute Gasteiger partial charge is 0.128 e. The fraction of sp³-hybridized carbons (Fsp3) is 0.267. The van der Waals surface area contributed by atoms with E-state index in [1.807, 2.05) is 24.0 Å². The molecule has 4 aromatic heterocycles. The number of hydrogen-bond acceptors (Lipinski definition) is 6. The number of pyridine rings is 2. The Bertz CT molecular complexity index is 1600. The molecule has 8 heteroatoms. The normalized spacial score (nSPS) is 14.2. The van der Waals surface area contributed by atoms with Gasteiger partial charge in [-0.15, -0.1) is 0 Å². The van der Waals surface area contributed by atoms with Gasteiger partial charge in [0, 0.05) is 80.1 Å². The van der Waals surface area contributed by atoms with Gasteiger partial charge in [0.2, 0.25) is 0 Å². The van der Waals surface area contributed by atoms with Gasteiger partial charge in [0.05, 0.1) is 23.0 Å². The average molecular weight is 503 g/mol. The molecule has 0 N–H and O–H groups in total. The fourth-order valence-electron chi connectivity index (χ4n) is 5.24. The Morgan fingerprint density at radius 1 is 0.921 bits per heavy atom. The summed E-state index contributed by atoms with van der Waals surface area (Å²) >= 11 is 0. The minimum absolute atomic E-state index is 0.547. The van der Waals surface area contributed by atoms with E-state index in [2.05, 4.69) is 87.7 Å². The molecule has 0 unspecified atom stereocenters. The van der Waals surface area contributed by atoms with Gasteiger partial charge in [-0.05, 0) is 37.6 Å². The maximum atomic E-state index is 9.75. The maximum Gasteiger partial charge on any atom is 0.128 e. The highest BCUT2D eigenvalue weighted by atomic mass is 15.3. The zero-order chi connectivity index (χ0) is 26.1. The third-order valence-corrected chi connectivity index (χ3v) is 7.32. The van der Waals surface area contributed by atoms with Crippen LogP contribution in [0, 0.1) is 18.3 Å². The number of aryl methyl sites for hydroxylation is 2. The van der Waals surface area contributed by atoms with Gasteiger partial charge in [0.1, 0.15) is 11.9 Å². The molecule has 1 fully saturated rings. The van der Waals surface area contributed by atoms with Gasteiger partial charge in [0.15, 0.2) is 0 Å². The molecule has 0 atom stereocenters. The van der Waals surface area contributed by atoms with E-state index < -0.39 is 0 Å². The first-order chi connectivity index (χ1) is 18.6. The zero-order valence-electron chi connectivity index (χ0n) is 21.7. The number of fused-ring (bicyclic) bond motifs is 1. The molecule has 0 radical (unpaired) electrons.